The van der Waals surface area contributed by atoms with Gasteiger partial charge in [-0.05, 0) is 67.4 Å². The van der Waals surface area contributed by atoms with Crippen LogP contribution in [0.25, 0.3) is 0 Å². The molecule has 3 rings (SSSR count). The number of anilines is 1. The summed E-state index contributed by atoms with van der Waals surface area (Å²) in [6, 6.07) is 14.0. The lowest BCUT2D eigenvalue weighted by Crippen LogP contribution is -2.23. The molecule has 7 heteroatoms. The molecule has 0 bridgehead atoms. The number of hydrogen-bond acceptors (Lipinski definition) is 4. The molecule has 0 radical (unpaired) electrons. The normalized spacial score (nSPS) is 14.7. The third-order valence-electron chi connectivity index (χ3n) is 4.71. The van der Waals surface area contributed by atoms with Crippen molar-refractivity contribution in [2.24, 2.45) is 0 Å². The summed E-state index contributed by atoms with van der Waals surface area (Å²) in [4.78, 5) is 13.9. The molecule has 0 atom stereocenters. The van der Waals surface area contributed by atoms with Crippen molar-refractivity contribution in [1.82, 2.24) is 9.62 Å². The third kappa shape index (κ3) is 5.51. The fourth-order valence-electron chi connectivity index (χ4n) is 3.13. The Balaban J connectivity index is 1.56. The Morgan fingerprint density at radius 1 is 1.00 bits per heavy atom. The predicted octanol–water partition coefficient (Wildman–Crippen LogP) is 2.89. The van der Waals surface area contributed by atoms with E-state index in [4.69, 9.17) is 0 Å². The average Bonchev–Trinajstić information content (AvgIpc) is 3.21. The number of sulfonamides is 1. The van der Waals surface area contributed by atoms with Gasteiger partial charge in [0.1, 0.15) is 0 Å². The molecule has 28 heavy (non-hydrogen) atoms. The van der Waals surface area contributed by atoms with Crippen LogP contribution in [0.3, 0.4) is 0 Å². The number of hydrogen-bond donors (Lipinski definition) is 2. The van der Waals surface area contributed by atoms with Crippen LogP contribution in [0.1, 0.15) is 24.0 Å². The second kappa shape index (κ2) is 9.14. The van der Waals surface area contributed by atoms with Crippen LogP contribution in [0.5, 0.6) is 0 Å². The lowest BCUT2D eigenvalue weighted by molar-refractivity contribution is -0.111. The molecule has 2 aromatic rings. The van der Waals surface area contributed by atoms with Crippen molar-refractivity contribution < 1.29 is 13.2 Å². The van der Waals surface area contributed by atoms with Gasteiger partial charge in [-0.25, -0.2) is 13.1 Å². The van der Waals surface area contributed by atoms with Gasteiger partial charge in [0.15, 0.2) is 0 Å². The Kier molecular flexibility index (Phi) is 6.61. The summed E-state index contributed by atoms with van der Waals surface area (Å²) in [5.74, 6) is -0.345. The Morgan fingerprint density at radius 2 is 1.61 bits per heavy atom. The van der Waals surface area contributed by atoms with E-state index < -0.39 is 10.0 Å². The molecule has 0 aromatic heterocycles. The number of carbonyl (C=O) groups is 1. The summed E-state index contributed by atoms with van der Waals surface area (Å²) in [5, 5.41) is 2.58. The highest BCUT2D eigenvalue weighted by atomic mass is 32.2. The summed E-state index contributed by atoms with van der Waals surface area (Å²) in [5.41, 5.74) is 2.66. The van der Waals surface area contributed by atoms with Crippen LogP contribution in [0, 0.1) is 0 Å². The fraction of sp³-hybridized carbons (Fsp3) is 0.286. The van der Waals surface area contributed by atoms with E-state index in [9.17, 15) is 13.2 Å². The molecule has 1 fully saturated rings. The molecular formula is C21H25N3O3S. The molecule has 1 heterocycles. The molecule has 0 saturated carbocycles. The van der Waals surface area contributed by atoms with Crippen LogP contribution in [0.2, 0.25) is 0 Å². The summed E-state index contributed by atoms with van der Waals surface area (Å²) >= 11 is 0. The van der Waals surface area contributed by atoms with Gasteiger partial charge in [0, 0.05) is 18.8 Å². The minimum absolute atomic E-state index is 0.148. The average molecular weight is 400 g/mol. The van der Waals surface area contributed by atoms with E-state index in [1.54, 1.807) is 12.1 Å². The van der Waals surface area contributed by atoms with Crippen LogP contribution in [-0.2, 0) is 27.9 Å². The molecule has 1 saturated heterocycles. The van der Waals surface area contributed by atoms with E-state index in [1.807, 2.05) is 12.1 Å². The molecular weight excluding hydrogens is 374 g/mol. The second-order valence-electron chi connectivity index (χ2n) is 6.84. The van der Waals surface area contributed by atoms with E-state index in [2.05, 4.69) is 33.7 Å². The zero-order valence-electron chi connectivity index (χ0n) is 15.7. The van der Waals surface area contributed by atoms with Crippen molar-refractivity contribution in [3.63, 3.8) is 0 Å². The molecule has 6 nitrogen and oxygen atoms in total. The Labute approximate surface area is 166 Å². The van der Waals surface area contributed by atoms with Crippen LogP contribution in [0.4, 0.5) is 5.69 Å². The zero-order chi connectivity index (χ0) is 20.0. The molecule has 1 amide bonds. The van der Waals surface area contributed by atoms with Gasteiger partial charge in [-0.2, -0.15) is 0 Å². The minimum atomic E-state index is -3.63. The molecule has 0 unspecified atom stereocenters. The standard InChI is InChI=1S/C21H25N3O3S/c1-2-21(25)23-19-9-11-20(12-10-19)28(26,27)22-15-17-5-7-18(8-6-17)16-24-13-3-4-14-24/h2,5-12,22H,1,3-4,13-16H2,(H,23,25). The van der Waals surface area contributed by atoms with Crippen LogP contribution in [-0.4, -0.2) is 32.3 Å². The fourth-order valence-corrected chi connectivity index (χ4v) is 4.15. The first-order valence-corrected chi connectivity index (χ1v) is 10.8. The first-order chi connectivity index (χ1) is 13.5. The number of rotatable bonds is 8. The van der Waals surface area contributed by atoms with Crippen LogP contribution >= 0.6 is 0 Å². The van der Waals surface area contributed by atoms with E-state index >= 15 is 0 Å². The maximum absolute atomic E-state index is 12.5. The Morgan fingerprint density at radius 3 is 2.21 bits per heavy atom. The van der Waals surface area contributed by atoms with Gasteiger partial charge in [-0.3, -0.25) is 9.69 Å². The summed E-state index contributed by atoms with van der Waals surface area (Å²) in [6.45, 7) is 6.85. The highest BCUT2D eigenvalue weighted by Crippen LogP contribution is 2.16. The molecule has 2 aromatic carbocycles. The summed E-state index contributed by atoms with van der Waals surface area (Å²) < 4.78 is 27.6. The maximum Gasteiger partial charge on any atom is 0.247 e. The first kappa shape index (κ1) is 20.3. The molecule has 1 aliphatic heterocycles. The van der Waals surface area contributed by atoms with E-state index in [-0.39, 0.29) is 17.3 Å². The Bertz CT molecular complexity index is 916. The summed E-state index contributed by atoms with van der Waals surface area (Å²) in [7, 11) is -3.63. The van der Waals surface area contributed by atoms with Gasteiger partial charge < -0.3 is 5.32 Å². The highest BCUT2D eigenvalue weighted by Gasteiger charge is 2.14. The van der Waals surface area contributed by atoms with Gasteiger partial charge >= 0.3 is 0 Å². The van der Waals surface area contributed by atoms with Crippen molar-refractivity contribution >= 4 is 21.6 Å². The summed E-state index contributed by atoms with van der Waals surface area (Å²) in [6.07, 6.45) is 3.69. The van der Waals surface area contributed by atoms with E-state index in [0.717, 1.165) is 31.3 Å². The van der Waals surface area contributed by atoms with Crippen LogP contribution in [0.15, 0.2) is 66.1 Å². The molecule has 148 valence electrons. The lowest BCUT2D eigenvalue weighted by atomic mass is 10.1. The number of nitrogens with one attached hydrogen (secondary N) is 2. The molecule has 1 aliphatic rings. The third-order valence-corrected chi connectivity index (χ3v) is 6.13. The first-order valence-electron chi connectivity index (χ1n) is 9.29. The molecule has 2 N–H and O–H groups in total. The number of carbonyl (C=O) groups excluding carboxylic acids is 1. The van der Waals surface area contributed by atoms with Crippen molar-refractivity contribution in [1.29, 1.82) is 0 Å². The number of likely N-dealkylation sites (tertiary alicyclic amines) is 1. The van der Waals surface area contributed by atoms with Crippen molar-refractivity contribution in [3.05, 3.63) is 72.3 Å². The number of amides is 1. The van der Waals surface area contributed by atoms with E-state index in [0.29, 0.717) is 5.69 Å². The molecule has 0 aliphatic carbocycles. The largest absolute Gasteiger partial charge is 0.323 e. The second-order valence-corrected chi connectivity index (χ2v) is 8.61. The van der Waals surface area contributed by atoms with Gasteiger partial charge in [0.2, 0.25) is 15.9 Å². The predicted molar refractivity (Wildman–Crippen MR) is 110 cm³/mol. The van der Waals surface area contributed by atoms with Gasteiger partial charge in [0.25, 0.3) is 0 Å². The number of nitrogens with zero attached hydrogens (tertiary/aromatic N) is 1. The SMILES string of the molecule is C=CC(=O)Nc1ccc(S(=O)(=O)NCc2ccc(CN3CCCC3)cc2)cc1. The maximum atomic E-state index is 12.5. The quantitative estimate of drug-likeness (QED) is 0.669. The number of benzene rings is 2. The topological polar surface area (TPSA) is 78.5 Å². The monoisotopic (exact) mass is 399 g/mol. The minimum Gasteiger partial charge on any atom is -0.323 e. The molecule has 0 spiro atoms. The van der Waals surface area contributed by atoms with Gasteiger partial charge in [-0.1, -0.05) is 30.8 Å². The lowest BCUT2D eigenvalue weighted by Gasteiger charge is -2.14. The van der Waals surface area contributed by atoms with Crippen molar-refractivity contribution in [3.8, 4) is 0 Å². The van der Waals surface area contributed by atoms with Crippen molar-refractivity contribution in [2.75, 3.05) is 18.4 Å². The van der Waals surface area contributed by atoms with Gasteiger partial charge in [-0.15, -0.1) is 0 Å². The van der Waals surface area contributed by atoms with Crippen LogP contribution < -0.4 is 10.0 Å². The van der Waals surface area contributed by atoms with E-state index in [1.165, 1.54) is 30.5 Å². The van der Waals surface area contributed by atoms with Gasteiger partial charge in [0.05, 0.1) is 4.90 Å². The zero-order valence-corrected chi connectivity index (χ0v) is 16.5. The highest BCUT2D eigenvalue weighted by molar-refractivity contribution is 7.89. The Hall–Kier alpha value is -2.48. The smallest absolute Gasteiger partial charge is 0.247 e. The van der Waals surface area contributed by atoms with Crippen molar-refractivity contribution in [2.45, 2.75) is 30.8 Å².